The van der Waals surface area contributed by atoms with Gasteiger partial charge in [-0.25, -0.2) is 4.57 Å². The third-order valence-corrected chi connectivity index (χ3v) is 6.13. The molecule has 0 unspecified atom stereocenters. The van der Waals surface area contributed by atoms with Crippen LogP contribution in [0.1, 0.15) is 5.56 Å². The molecule has 1 aromatic heterocycles. The summed E-state index contributed by atoms with van der Waals surface area (Å²) in [5.41, 5.74) is 3.50. The lowest BCUT2D eigenvalue weighted by atomic mass is 10.1. The Balaban J connectivity index is 0.00000182. The van der Waals surface area contributed by atoms with Gasteiger partial charge in [-0.1, -0.05) is 47.1 Å². The Morgan fingerprint density at radius 1 is 1.08 bits per heavy atom. The molecule has 0 N–H and O–H groups in total. The molecule has 2 heterocycles. The summed E-state index contributed by atoms with van der Waals surface area (Å²) in [6.45, 7) is 0. The van der Waals surface area contributed by atoms with Crippen LogP contribution in [0.15, 0.2) is 58.6 Å². The Labute approximate surface area is 178 Å². The zero-order valence-electron chi connectivity index (χ0n) is 13.6. The van der Waals surface area contributed by atoms with Crippen molar-refractivity contribution in [3.63, 3.8) is 0 Å². The molecular weight excluding hydrogens is 486 g/mol. The molecule has 6 heteroatoms. The molecule has 0 bridgehead atoms. The molecule has 1 aliphatic rings. The number of para-hydroxylation sites is 1. The van der Waals surface area contributed by atoms with Crippen molar-refractivity contribution in [3.05, 3.63) is 69.3 Å². The molecule has 0 amide bonds. The first-order chi connectivity index (χ1) is 11.5. The molecule has 0 spiro atoms. The fourth-order valence-electron chi connectivity index (χ4n) is 2.93. The summed E-state index contributed by atoms with van der Waals surface area (Å²) in [7, 11) is 4.12. The Kier molecular flexibility index (Phi) is 5.54. The molecule has 2 nitrogen and oxygen atoms in total. The van der Waals surface area contributed by atoms with E-state index in [2.05, 4.69) is 66.2 Å². The minimum Gasteiger partial charge on any atom is -1.00 e. The third kappa shape index (κ3) is 3.37. The van der Waals surface area contributed by atoms with Crippen molar-refractivity contribution < 1.29 is 28.5 Å². The van der Waals surface area contributed by atoms with Gasteiger partial charge >= 0.3 is 0 Å². The minimum atomic E-state index is 0. The zero-order valence-corrected chi connectivity index (χ0v) is 18.1. The highest BCUT2D eigenvalue weighted by molar-refractivity contribution is 8.03. The Morgan fingerprint density at radius 3 is 2.60 bits per heavy atom. The van der Waals surface area contributed by atoms with E-state index in [1.165, 1.54) is 16.5 Å². The molecule has 2 aromatic carbocycles. The fourth-order valence-corrected chi connectivity index (χ4v) is 4.44. The molecule has 0 saturated heterocycles. The second kappa shape index (κ2) is 7.35. The lowest BCUT2D eigenvalue weighted by molar-refractivity contribution is -0.644. The summed E-state index contributed by atoms with van der Waals surface area (Å²) >= 11 is 14.0. The lowest BCUT2D eigenvalue weighted by Gasteiger charge is -2.14. The van der Waals surface area contributed by atoms with E-state index in [1.807, 2.05) is 12.1 Å². The van der Waals surface area contributed by atoms with Crippen LogP contribution in [0.3, 0.4) is 0 Å². The van der Waals surface area contributed by atoms with E-state index in [4.69, 9.17) is 23.2 Å². The number of thioether (sulfide) groups is 1. The van der Waals surface area contributed by atoms with Crippen LogP contribution in [-0.2, 0) is 7.05 Å². The highest BCUT2D eigenvalue weighted by Crippen LogP contribution is 2.48. The van der Waals surface area contributed by atoms with Gasteiger partial charge in [0.05, 0.1) is 26.1 Å². The molecule has 0 atom stereocenters. The second-order valence-electron chi connectivity index (χ2n) is 5.78. The molecule has 0 fully saturated rings. The second-order valence-corrected chi connectivity index (χ2v) is 7.65. The average molecular weight is 501 g/mol. The molecule has 0 aliphatic carbocycles. The maximum atomic E-state index is 6.17. The number of fused-ring (bicyclic) bond motifs is 2. The summed E-state index contributed by atoms with van der Waals surface area (Å²) in [6, 6.07) is 14.4. The van der Waals surface area contributed by atoms with Crippen LogP contribution < -0.4 is 33.4 Å². The highest BCUT2D eigenvalue weighted by atomic mass is 127. The van der Waals surface area contributed by atoms with Gasteiger partial charge in [0, 0.05) is 24.1 Å². The van der Waals surface area contributed by atoms with E-state index in [0.717, 1.165) is 15.6 Å². The van der Waals surface area contributed by atoms with E-state index < -0.39 is 0 Å². The fraction of sp³-hybridized carbons (Fsp3) is 0.105. The molecular formula is C19H15Cl2IN2S. The molecule has 128 valence electrons. The van der Waals surface area contributed by atoms with Gasteiger partial charge < -0.3 is 28.9 Å². The normalized spacial score (nSPS) is 14.7. The van der Waals surface area contributed by atoms with Crippen molar-refractivity contribution in [2.45, 2.75) is 4.90 Å². The van der Waals surface area contributed by atoms with E-state index >= 15 is 0 Å². The van der Waals surface area contributed by atoms with Crippen LogP contribution in [0.4, 0.5) is 5.69 Å². The number of aromatic nitrogens is 1. The predicted octanol–water partition coefficient (Wildman–Crippen LogP) is 2.52. The molecule has 25 heavy (non-hydrogen) atoms. The van der Waals surface area contributed by atoms with Crippen molar-refractivity contribution in [2.75, 3.05) is 11.9 Å². The van der Waals surface area contributed by atoms with Crippen LogP contribution in [-0.4, -0.2) is 7.05 Å². The molecule has 0 radical (unpaired) electrons. The Bertz CT molecular complexity index is 1000. The van der Waals surface area contributed by atoms with Gasteiger partial charge in [-0.3, -0.25) is 0 Å². The number of hydrogen-bond acceptors (Lipinski definition) is 2. The highest BCUT2D eigenvalue weighted by Gasteiger charge is 2.24. The number of aryl methyl sites for hydroxylation is 1. The van der Waals surface area contributed by atoms with Crippen LogP contribution in [0, 0.1) is 0 Å². The van der Waals surface area contributed by atoms with Crippen molar-refractivity contribution in [1.82, 2.24) is 0 Å². The van der Waals surface area contributed by atoms with Crippen LogP contribution in [0.2, 0.25) is 10.0 Å². The average Bonchev–Trinajstić information content (AvgIpc) is 2.87. The molecule has 1 aliphatic heterocycles. The van der Waals surface area contributed by atoms with Crippen molar-refractivity contribution in [3.8, 4) is 0 Å². The number of pyridine rings is 1. The topological polar surface area (TPSA) is 7.12 Å². The summed E-state index contributed by atoms with van der Waals surface area (Å²) in [4.78, 5) is 3.29. The maximum absolute atomic E-state index is 6.17. The Morgan fingerprint density at radius 2 is 1.80 bits per heavy atom. The van der Waals surface area contributed by atoms with E-state index in [9.17, 15) is 0 Å². The van der Waals surface area contributed by atoms with Gasteiger partial charge in [0.15, 0.2) is 6.20 Å². The maximum Gasteiger partial charge on any atom is 0.212 e. The van der Waals surface area contributed by atoms with E-state index in [1.54, 1.807) is 11.8 Å². The van der Waals surface area contributed by atoms with Gasteiger partial charge in [0.25, 0.3) is 0 Å². The summed E-state index contributed by atoms with van der Waals surface area (Å²) in [5.74, 6) is 0. The van der Waals surface area contributed by atoms with Crippen molar-refractivity contribution in [2.24, 2.45) is 7.05 Å². The first-order valence-corrected chi connectivity index (χ1v) is 9.11. The van der Waals surface area contributed by atoms with Crippen molar-refractivity contribution in [1.29, 1.82) is 0 Å². The van der Waals surface area contributed by atoms with Crippen molar-refractivity contribution >= 4 is 57.6 Å². The molecule has 3 aromatic rings. The van der Waals surface area contributed by atoms with Gasteiger partial charge in [0.1, 0.15) is 7.05 Å². The smallest absolute Gasteiger partial charge is 0.212 e. The van der Waals surface area contributed by atoms with Crippen LogP contribution in [0.25, 0.3) is 17.0 Å². The van der Waals surface area contributed by atoms with E-state index in [-0.39, 0.29) is 24.0 Å². The minimum absolute atomic E-state index is 0. The van der Waals surface area contributed by atoms with Gasteiger partial charge in [-0.15, -0.1) is 0 Å². The Hall–Kier alpha value is -0.950. The van der Waals surface area contributed by atoms with Gasteiger partial charge in [-0.05, 0) is 29.8 Å². The first-order valence-electron chi connectivity index (χ1n) is 7.54. The number of anilines is 1. The van der Waals surface area contributed by atoms with Gasteiger partial charge in [-0.2, -0.15) is 0 Å². The first kappa shape index (κ1) is 18.8. The SMILES string of the molecule is CN1/C(=C/c2cc[n+](C)c3ccccc23)Sc2cc(Cl)c(Cl)cc21.[I-]. The standard InChI is InChI=1S/C19H15Cl2N2S.HI/c1-22-8-7-12(13-5-3-4-6-16(13)22)9-19-23(2)17-10-14(20)15(21)11-18(17)24-19;/h3-11H,1-2H3;1H/q+1;/p-1. The monoisotopic (exact) mass is 500 g/mol. The van der Waals surface area contributed by atoms with E-state index in [0.29, 0.717) is 10.0 Å². The van der Waals surface area contributed by atoms with Crippen LogP contribution >= 0.6 is 35.0 Å². The molecule has 4 rings (SSSR count). The number of halogens is 3. The number of hydrogen-bond donors (Lipinski definition) is 0. The largest absolute Gasteiger partial charge is 1.00 e. The summed E-state index contributed by atoms with van der Waals surface area (Å²) in [6.07, 6.45) is 4.31. The quantitative estimate of drug-likeness (QED) is 0.374. The third-order valence-electron chi connectivity index (χ3n) is 4.26. The lowest BCUT2D eigenvalue weighted by Crippen LogP contribution is -3.00. The predicted molar refractivity (Wildman–Crippen MR) is 104 cm³/mol. The summed E-state index contributed by atoms with van der Waals surface area (Å²) < 4.78 is 2.14. The zero-order chi connectivity index (χ0) is 16.8. The number of benzene rings is 2. The molecule has 0 saturated carbocycles. The van der Waals surface area contributed by atoms with Crippen LogP contribution in [0.5, 0.6) is 0 Å². The number of rotatable bonds is 1. The van der Waals surface area contributed by atoms with Gasteiger partial charge in [0.2, 0.25) is 5.52 Å². The number of nitrogens with zero attached hydrogens (tertiary/aromatic N) is 2. The summed E-state index contributed by atoms with van der Waals surface area (Å²) in [5, 5.41) is 3.56.